The lowest BCUT2D eigenvalue weighted by Gasteiger charge is -2.34. The summed E-state index contributed by atoms with van der Waals surface area (Å²) in [5.41, 5.74) is 2.96. The molecule has 0 aromatic carbocycles. The monoisotopic (exact) mass is 309 g/mol. The van der Waals surface area contributed by atoms with Crippen molar-refractivity contribution in [1.82, 2.24) is 19.8 Å². The van der Waals surface area contributed by atoms with Gasteiger partial charge in [0.15, 0.2) is 5.13 Å². The molecule has 1 aliphatic heterocycles. The van der Waals surface area contributed by atoms with E-state index >= 15 is 0 Å². The van der Waals surface area contributed by atoms with Gasteiger partial charge in [-0.05, 0) is 0 Å². The van der Waals surface area contributed by atoms with Crippen LogP contribution in [0.25, 0.3) is 0 Å². The van der Waals surface area contributed by atoms with E-state index in [1.54, 1.807) is 17.5 Å². The highest BCUT2D eigenvalue weighted by molar-refractivity contribution is 7.13. The highest BCUT2D eigenvalue weighted by Crippen LogP contribution is 2.13. The molecule has 3 rings (SSSR count). The summed E-state index contributed by atoms with van der Waals surface area (Å²) < 4.78 is 0. The third-order valence-corrected chi connectivity index (χ3v) is 4.50. The summed E-state index contributed by atoms with van der Waals surface area (Å²) in [6.45, 7) is 4.10. The zero-order valence-corrected chi connectivity index (χ0v) is 12.5. The van der Waals surface area contributed by atoms with Gasteiger partial charge in [-0.25, -0.2) is 14.8 Å². The van der Waals surface area contributed by atoms with Crippen molar-refractivity contribution >= 4 is 33.8 Å². The molecule has 0 aliphatic carbocycles. The first-order valence-corrected chi connectivity index (χ1v) is 8.18. The van der Waals surface area contributed by atoms with Crippen molar-refractivity contribution < 1.29 is 4.79 Å². The molecule has 20 heavy (non-hydrogen) atoms. The summed E-state index contributed by atoms with van der Waals surface area (Å²) in [5, 5.41) is 7.39. The van der Waals surface area contributed by atoms with Crippen LogP contribution in [0.5, 0.6) is 0 Å². The number of amides is 2. The Kier molecular flexibility index (Phi) is 4.24. The highest BCUT2D eigenvalue weighted by Gasteiger charge is 2.21. The van der Waals surface area contributed by atoms with E-state index in [0.29, 0.717) is 5.13 Å². The van der Waals surface area contributed by atoms with Crippen molar-refractivity contribution in [2.75, 3.05) is 31.5 Å². The summed E-state index contributed by atoms with van der Waals surface area (Å²) in [6, 6.07) is -0.0618. The Morgan fingerprint density at radius 2 is 2.15 bits per heavy atom. The zero-order valence-electron chi connectivity index (χ0n) is 10.9. The van der Waals surface area contributed by atoms with Gasteiger partial charge in [0.2, 0.25) is 0 Å². The molecule has 3 heterocycles. The molecule has 0 spiro atoms. The van der Waals surface area contributed by atoms with Gasteiger partial charge < -0.3 is 4.90 Å². The molecule has 106 valence electrons. The molecular weight excluding hydrogens is 294 g/mol. The second-order valence-electron chi connectivity index (χ2n) is 4.51. The van der Waals surface area contributed by atoms with E-state index in [1.807, 2.05) is 15.8 Å². The average molecular weight is 309 g/mol. The van der Waals surface area contributed by atoms with Crippen LogP contribution >= 0.6 is 22.7 Å². The molecule has 2 aromatic heterocycles. The number of nitrogens with one attached hydrogen (secondary N) is 1. The summed E-state index contributed by atoms with van der Waals surface area (Å²) in [6.07, 6.45) is 1.69. The maximum atomic E-state index is 12.0. The van der Waals surface area contributed by atoms with Crippen LogP contribution in [0.1, 0.15) is 5.69 Å². The van der Waals surface area contributed by atoms with Crippen LogP contribution in [0.2, 0.25) is 0 Å². The first kappa shape index (κ1) is 13.5. The first-order chi connectivity index (χ1) is 9.81. The predicted molar refractivity (Wildman–Crippen MR) is 80.1 cm³/mol. The van der Waals surface area contributed by atoms with Gasteiger partial charge in [-0.15, -0.1) is 22.7 Å². The maximum Gasteiger partial charge on any atom is 0.323 e. The van der Waals surface area contributed by atoms with Crippen molar-refractivity contribution in [3.05, 3.63) is 28.2 Å². The topological polar surface area (TPSA) is 61.4 Å². The predicted octanol–water partition coefficient (Wildman–Crippen LogP) is 1.95. The van der Waals surface area contributed by atoms with E-state index in [9.17, 15) is 4.79 Å². The summed E-state index contributed by atoms with van der Waals surface area (Å²) in [7, 11) is 0. The SMILES string of the molecule is O=C(Nc1nccs1)N1CCN(Cc2cscn2)CC1. The van der Waals surface area contributed by atoms with E-state index < -0.39 is 0 Å². The van der Waals surface area contributed by atoms with Crippen LogP contribution in [-0.4, -0.2) is 52.0 Å². The normalized spacial score (nSPS) is 16.3. The number of thiazole rings is 2. The molecule has 8 heteroatoms. The molecule has 1 fully saturated rings. The molecule has 1 saturated heterocycles. The lowest BCUT2D eigenvalue weighted by molar-refractivity contribution is 0.142. The minimum absolute atomic E-state index is 0.0618. The lowest BCUT2D eigenvalue weighted by Crippen LogP contribution is -2.49. The molecule has 0 saturated carbocycles. The molecular formula is C12H15N5OS2. The summed E-state index contributed by atoms with van der Waals surface area (Å²) in [5.74, 6) is 0. The van der Waals surface area contributed by atoms with Gasteiger partial charge in [-0.2, -0.15) is 0 Å². The van der Waals surface area contributed by atoms with E-state index in [2.05, 4.69) is 25.6 Å². The van der Waals surface area contributed by atoms with Crippen LogP contribution in [0.15, 0.2) is 22.5 Å². The highest BCUT2D eigenvalue weighted by atomic mass is 32.1. The number of piperazine rings is 1. The Balaban J connectivity index is 1.47. The second kappa shape index (κ2) is 6.29. The van der Waals surface area contributed by atoms with E-state index in [4.69, 9.17) is 0 Å². The third-order valence-electron chi connectivity index (χ3n) is 3.17. The molecule has 1 aliphatic rings. The molecule has 1 N–H and O–H groups in total. The fourth-order valence-electron chi connectivity index (χ4n) is 2.11. The number of hydrogen-bond donors (Lipinski definition) is 1. The molecule has 0 atom stereocenters. The van der Waals surface area contributed by atoms with Crippen molar-refractivity contribution in [2.45, 2.75) is 6.54 Å². The third kappa shape index (κ3) is 3.33. The van der Waals surface area contributed by atoms with Crippen LogP contribution in [0.3, 0.4) is 0 Å². The van der Waals surface area contributed by atoms with Gasteiger partial charge >= 0.3 is 6.03 Å². The fraction of sp³-hybridized carbons (Fsp3) is 0.417. The Labute approximate surface area is 125 Å². The van der Waals surface area contributed by atoms with E-state index in [1.165, 1.54) is 11.3 Å². The second-order valence-corrected chi connectivity index (χ2v) is 6.12. The molecule has 2 amide bonds. The number of aromatic nitrogens is 2. The molecule has 0 radical (unpaired) electrons. The number of carbonyl (C=O) groups is 1. The minimum Gasteiger partial charge on any atom is -0.322 e. The van der Waals surface area contributed by atoms with Gasteiger partial charge in [0.1, 0.15) is 0 Å². The Hall–Kier alpha value is -1.51. The van der Waals surface area contributed by atoms with Crippen LogP contribution in [0.4, 0.5) is 9.93 Å². The quantitative estimate of drug-likeness (QED) is 0.941. The number of nitrogens with zero attached hydrogens (tertiary/aromatic N) is 4. The first-order valence-electron chi connectivity index (χ1n) is 6.36. The summed E-state index contributed by atoms with van der Waals surface area (Å²) >= 11 is 3.05. The standard InChI is InChI=1S/C12H15N5OS2/c18-12(15-11-13-1-6-20-11)17-4-2-16(3-5-17)7-10-8-19-9-14-10/h1,6,8-9H,2-5,7H2,(H,13,15,18). The van der Waals surface area contributed by atoms with Gasteiger partial charge in [-0.1, -0.05) is 0 Å². The van der Waals surface area contributed by atoms with Crippen molar-refractivity contribution in [2.24, 2.45) is 0 Å². The number of urea groups is 1. The minimum atomic E-state index is -0.0618. The van der Waals surface area contributed by atoms with Gasteiger partial charge in [0.25, 0.3) is 0 Å². The van der Waals surface area contributed by atoms with E-state index in [0.717, 1.165) is 38.4 Å². The van der Waals surface area contributed by atoms with Crippen molar-refractivity contribution in [3.8, 4) is 0 Å². The average Bonchev–Trinajstić information content (AvgIpc) is 3.13. The molecule has 0 unspecified atom stereocenters. The van der Waals surface area contributed by atoms with Crippen LogP contribution < -0.4 is 5.32 Å². The Morgan fingerprint density at radius 3 is 2.80 bits per heavy atom. The Bertz CT molecular complexity index is 534. The van der Waals surface area contributed by atoms with Crippen LogP contribution in [0, 0.1) is 0 Å². The number of anilines is 1. The van der Waals surface area contributed by atoms with E-state index in [-0.39, 0.29) is 6.03 Å². The summed E-state index contributed by atoms with van der Waals surface area (Å²) in [4.78, 5) is 24.5. The fourth-order valence-corrected chi connectivity index (χ4v) is 3.18. The molecule has 2 aromatic rings. The van der Waals surface area contributed by atoms with Gasteiger partial charge in [0, 0.05) is 49.7 Å². The van der Waals surface area contributed by atoms with Gasteiger partial charge in [-0.3, -0.25) is 10.2 Å². The molecule has 0 bridgehead atoms. The smallest absolute Gasteiger partial charge is 0.322 e. The Morgan fingerprint density at radius 1 is 1.30 bits per heavy atom. The largest absolute Gasteiger partial charge is 0.323 e. The molecule has 6 nitrogen and oxygen atoms in total. The number of rotatable bonds is 3. The van der Waals surface area contributed by atoms with Crippen molar-refractivity contribution in [3.63, 3.8) is 0 Å². The van der Waals surface area contributed by atoms with Gasteiger partial charge in [0.05, 0.1) is 11.2 Å². The van der Waals surface area contributed by atoms with Crippen LogP contribution in [-0.2, 0) is 6.54 Å². The van der Waals surface area contributed by atoms with Crippen molar-refractivity contribution in [1.29, 1.82) is 0 Å². The zero-order chi connectivity index (χ0) is 13.8. The lowest BCUT2D eigenvalue weighted by atomic mass is 10.3. The number of hydrogen-bond acceptors (Lipinski definition) is 6. The number of carbonyl (C=O) groups excluding carboxylic acids is 1. The maximum absolute atomic E-state index is 12.0.